The molecule has 0 aliphatic carbocycles. The maximum Gasteiger partial charge on any atom is 0.305 e. The van der Waals surface area contributed by atoms with E-state index in [0.717, 1.165) is 18.6 Å². The second-order valence-corrected chi connectivity index (χ2v) is 4.54. The summed E-state index contributed by atoms with van der Waals surface area (Å²) in [5, 5.41) is 0. The van der Waals surface area contributed by atoms with E-state index in [4.69, 9.17) is 4.74 Å². The minimum atomic E-state index is -0.0787. The van der Waals surface area contributed by atoms with Gasteiger partial charge in [0.25, 0.3) is 0 Å². The zero-order valence-corrected chi connectivity index (χ0v) is 10.5. The average molecular weight is 238 g/mol. The van der Waals surface area contributed by atoms with Crippen molar-refractivity contribution in [1.29, 1.82) is 0 Å². The van der Waals surface area contributed by atoms with Crippen LogP contribution in [-0.4, -0.2) is 24.6 Å². The highest BCUT2D eigenvalue weighted by Crippen LogP contribution is 2.05. The van der Waals surface area contributed by atoms with Crippen LogP contribution in [0.4, 0.5) is 0 Å². The molecule has 3 heteroatoms. The Bertz CT molecular complexity index is 298. The average Bonchev–Trinajstić information content (AvgIpc) is 2.31. The first-order valence-electron chi connectivity index (χ1n) is 5.51. The molecule has 0 aromatic heterocycles. The number of thioether (sulfide) groups is 1. The van der Waals surface area contributed by atoms with E-state index in [1.165, 1.54) is 5.56 Å². The molecule has 0 aliphatic heterocycles. The van der Waals surface area contributed by atoms with Gasteiger partial charge in [-0.1, -0.05) is 30.3 Å². The van der Waals surface area contributed by atoms with Crippen LogP contribution in [-0.2, 0) is 16.0 Å². The van der Waals surface area contributed by atoms with Crippen molar-refractivity contribution in [3.63, 3.8) is 0 Å². The molecule has 0 N–H and O–H groups in total. The van der Waals surface area contributed by atoms with Crippen molar-refractivity contribution >= 4 is 17.7 Å². The molecule has 0 fully saturated rings. The van der Waals surface area contributed by atoms with Gasteiger partial charge in [-0.25, -0.2) is 0 Å². The van der Waals surface area contributed by atoms with Crippen molar-refractivity contribution in [3.8, 4) is 0 Å². The van der Waals surface area contributed by atoms with Gasteiger partial charge in [0.15, 0.2) is 0 Å². The number of benzene rings is 1. The van der Waals surface area contributed by atoms with Gasteiger partial charge in [-0.15, -0.1) is 0 Å². The topological polar surface area (TPSA) is 26.3 Å². The minimum Gasteiger partial charge on any atom is -0.465 e. The number of hydrogen-bond donors (Lipinski definition) is 0. The molecule has 1 rings (SSSR count). The first-order chi connectivity index (χ1) is 7.83. The van der Waals surface area contributed by atoms with Gasteiger partial charge >= 0.3 is 5.97 Å². The van der Waals surface area contributed by atoms with Crippen molar-refractivity contribution < 1.29 is 9.53 Å². The third kappa shape index (κ3) is 5.81. The van der Waals surface area contributed by atoms with Crippen LogP contribution in [0.25, 0.3) is 0 Å². The monoisotopic (exact) mass is 238 g/mol. The molecule has 0 atom stereocenters. The normalized spacial score (nSPS) is 10.1. The number of rotatable bonds is 7. The van der Waals surface area contributed by atoms with Gasteiger partial charge in [-0.3, -0.25) is 4.79 Å². The molecule has 88 valence electrons. The van der Waals surface area contributed by atoms with Crippen molar-refractivity contribution in [2.75, 3.05) is 18.6 Å². The lowest BCUT2D eigenvalue weighted by Gasteiger charge is -2.03. The van der Waals surface area contributed by atoms with E-state index in [9.17, 15) is 4.79 Å². The van der Waals surface area contributed by atoms with Gasteiger partial charge < -0.3 is 4.74 Å². The number of ether oxygens (including phenoxy) is 1. The van der Waals surface area contributed by atoms with Crippen LogP contribution in [0.5, 0.6) is 0 Å². The summed E-state index contributed by atoms with van der Waals surface area (Å²) in [4.78, 5) is 11.3. The van der Waals surface area contributed by atoms with Gasteiger partial charge in [0.2, 0.25) is 0 Å². The molecule has 0 amide bonds. The summed E-state index contributed by atoms with van der Waals surface area (Å²) in [7, 11) is 0. The summed E-state index contributed by atoms with van der Waals surface area (Å²) in [6.07, 6.45) is 4.33. The minimum absolute atomic E-state index is 0.0787. The number of hydrogen-bond acceptors (Lipinski definition) is 3. The highest BCUT2D eigenvalue weighted by Gasteiger charge is 2.02. The smallest absolute Gasteiger partial charge is 0.305 e. The summed E-state index contributed by atoms with van der Waals surface area (Å²) >= 11 is 1.69. The fourth-order valence-corrected chi connectivity index (χ4v) is 1.64. The second-order valence-electron chi connectivity index (χ2n) is 3.55. The van der Waals surface area contributed by atoms with Crippen molar-refractivity contribution in [2.24, 2.45) is 0 Å². The molecule has 0 heterocycles. The van der Waals surface area contributed by atoms with E-state index in [1.807, 2.05) is 24.5 Å². The Labute approximate surface area is 101 Å². The van der Waals surface area contributed by atoms with Crippen LogP contribution in [0, 0.1) is 0 Å². The predicted molar refractivity (Wildman–Crippen MR) is 68.7 cm³/mol. The summed E-state index contributed by atoms with van der Waals surface area (Å²) < 4.78 is 5.06. The second kappa shape index (κ2) is 8.22. The van der Waals surface area contributed by atoms with E-state index in [1.54, 1.807) is 11.8 Å². The van der Waals surface area contributed by atoms with Crippen LogP contribution >= 0.6 is 11.8 Å². The quantitative estimate of drug-likeness (QED) is 0.539. The Hall–Kier alpha value is -0.960. The van der Waals surface area contributed by atoms with E-state index in [-0.39, 0.29) is 5.97 Å². The summed E-state index contributed by atoms with van der Waals surface area (Å²) in [5.74, 6) is 0.801. The fourth-order valence-electron chi connectivity index (χ4n) is 1.39. The number of esters is 1. The number of carbonyl (C=O) groups excluding carboxylic acids is 1. The summed E-state index contributed by atoms with van der Waals surface area (Å²) in [5.41, 5.74) is 1.28. The Morgan fingerprint density at radius 3 is 2.75 bits per heavy atom. The van der Waals surface area contributed by atoms with Gasteiger partial charge in [0, 0.05) is 12.2 Å². The van der Waals surface area contributed by atoms with Crippen molar-refractivity contribution in [1.82, 2.24) is 0 Å². The van der Waals surface area contributed by atoms with E-state index in [2.05, 4.69) is 12.1 Å². The van der Waals surface area contributed by atoms with Gasteiger partial charge in [0.05, 0.1) is 0 Å². The zero-order chi connectivity index (χ0) is 11.6. The molecule has 0 aliphatic rings. The van der Waals surface area contributed by atoms with Crippen LogP contribution in [0.2, 0.25) is 0 Å². The van der Waals surface area contributed by atoms with Gasteiger partial charge in [-0.2, -0.15) is 11.8 Å². The van der Waals surface area contributed by atoms with Crippen LogP contribution in [0.3, 0.4) is 0 Å². The summed E-state index contributed by atoms with van der Waals surface area (Å²) in [6, 6.07) is 10.2. The molecule has 16 heavy (non-hydrogen) atoms. The molecule has 1 aromatic rings. The first kappa shape index (κ1) is 13.1. The zero-order valence-electron chi connectivity index (χ0n) is 9.65. The Morgan fingerprint density at radius 1 is 1.31 bits per heavy atom. The number of carbonyl (C=O) groups is 1. The molecular formula is C13H18O2S. The maximum atomic E-state index is 11.3. The maximum absolute atomic E-state index is 11.3. The first-order valence-corrected chi connectivity index (χ1v) is 6.91. The van der Waals surface area contributed by atoms with Gasteiger partial charge in [0.1, 0.15) is 6.61 Å². The summed E-state index contributed by atoms with van der Waals surface area (Å²) in [6.45, 7) is 0.533. The predicted octanol–water partition coefficient (Wildman–Crippen LogP) is 2.92. The molecule has 0 radical (unpaired) electrons. The standard InChI is InChI=1S/C13H18O2S/c1-16-11-10-15-13(14)9-5-8-12-6-3-2-4-7-12/h2-4,6-7H,5,8-11H2,1H3. The highest BCUT2D eigenvalue weighted by molar-refractivity contribution is 7.98. The SMILES string of the molecule is CSCCOC(=O)CCCc1ccccc1. The van der Waals surface area contributed by atoms with Gasteiger partial charge in [-0.05, 0) is 24.7 Å². The lowest BCUT2D eigenvalue weighted by atomic mass is 10.1. The molecular weight excluding hydrogens is 220 g/mol. The van der Waals surface area contributed by atoms with Crippen LogP contribution in [0.1, 0.15) is 18.4 Å². The molecule has 0 spiro atoms. The highest BCUT2D eigenvalue weighted by atomic mass is 32.2. The molecule has 1 aromatic carbocycles. The molecule has 2 nitrogen and oxygen atoms in total. The van der Waals surface area contributed by atoms with E-state index >= 15 is 0 Å². The third-order valence-electron chi connectivity index (χ3n) is 2.24. The fraction of sp³-hybridized carbons (Fsp3) is 0.462. The van der Waals surface area contributed by atoms with Crippen LogP contribution in [0.15, 0.2) is 30.3 Å². The molecule has 0 saturated carbocycles. The lowest BCUT2D eigenvalue weighted by Crippen LogP contribution is -2.07. The molecule has 0 saturated heterocycles. The Balaban J connectivity index is 2.09. The van der Waals surface area contributed by atoms with Crippen LogP contribution < -0.4 is 0 Å². The van der Waals surface area contributed by atoms with Crippen molar-refractivity contribution in [2.45, 2.75) is 19.3 Å². The third-order valence-corrected chi connectivity index (χ3v) is 2.81. The van der Waals surface area contributed by atoms with E-state index < -0.39 is 0 Å². The Kier molecular flexibility index (Phi) is 6.74. The molecule has 0 unspecified atom stereocenters. The number of aryl methyl sites for hydroxylation is 1. The lowest BCUT2D eigenvalue weighted by molar-refractivity contribution is -0.143. The molecule has 0 bridgehead atoms. The largest absolute Gasteiger partial charge is 0.465 e. The van der Waals surface area contributed by atoms with E-state index in [0.29, 0.717) is 13.0 Å². The van der Waals surface area contributed by atoms with Crippen molar-refractivity contribution in [3.05, 3.63) is 35.9 Å². The Morgan fingerprint density at radius 2 is 2.06 bits per heavy atom.